The third kappa shape index (κ3) is 8.53. The maximum absolute atomic E-state index is 14.7. The van der Waals surface area contributed by atoms with Gasteiger partial charge in [0.05, 0.1) is 49.5 Å². The Balaban J connectivity index is 1.56. The molecule has 1 aliphatic rings. The molecule has 1 aliphatic heterocycles. The van der Waals surface area contributed by atoms with Crippen LogP contribution in [-0.2, 0) is 12.0 Å². The number of piperidine rings is 1. The molecular weight excluding hydrogens is 566 g/mol. The van der Waals surface area contributed by atoms with Crippen molar-refractivity contribution < 1.29 is 32.5 Å². The first-order chi connectivity index (χ1) is 20.3. The van der Waals surface area contributed by atoms with Crippen molar-refractivity contribution in [3.05, 3.63) is 47.7 Å². The van der Waals surface area contributed by atoms with Crippen molar-refractivity contribution in [1.82, 2.24) is 14.5 Å². The number of β-amino-alcohol motifs (C(OH)–C–C–N with tert-alkyl or cyclic N) is 1. The summed E-state index contributed by atoms with van der Waals surface area (Å²) in [5.41, 5.74) is 1.89. The van der Waals surface area contributed by atoms with E-state index in [1.54, 1.807) is 19.4 Å². The standard InChI is InChI=1S/C31H39F4N5O3/c1-30(2,3)29-15-28(43-4)26(16-37-29)36-9-5-6-22-14-24-25(12-20(32)13-27(24)40(22)19-31(33,34)35)38-21-7-10-39(11-8-21)17-23(42)18-41/h12-16,21,23,36,38,41-42H,7-11,17-19H2,1-4H3. The van der Waals surface area contributed by atoms with E-state index in [1.807, 2.05) is 31.7 Å². The summed E-state index contributed by atoms with van der Waals surface area (Å²) < 4.78 is 62.0. The molecule has 1 atom stereocenters. The number of rotatable bonds is 9. The smallest absolute Gasteiger partial charge is 0.406 e. The number of hydrogen-bond donors (Lipinski definition) is 4. The average molecular weight is 606 g/mol. The summed E-state index contributed by atoms with van der Waals surface area (Å²) in [6.07, 6.45) is -2.34. The minimum atomic E-state index is -4.54. The van der Waals surface area contributed by atoms with Crippen LogP contribution in [0.3, 0.4) is 0 Å². The fourth-order valence-electron chi connectivity index (χ4n) is 5.15. The normalized spacial score (nSPS) is 15.7. The molecule has 0 amide bonds. The van der Waals surface area contributed by atoms with E-state index < -0.39 is 24.6 Å². The van der Waals surface area contributed by atoms with E-state index in [1.165, 1.54) is 6.07 Å². The molecule has 0 radical (unpaired) electrons. The second kappa shape index (κ2) is 13.4. The van der Waals surface area contributed by atoms with Gasteiger partial charge in [-0.3, -0.25) is 4.98 Å². The summed E-state index contributed by atoms with van der Waals surface area (Å²) in [4.78, 5) is 6.51. The molecule has 2 aromatic heterocycles. The fraction of sp³-hybridized carbons (Fsp3) is 0.516. The van der Waals surface area contributed by atoms with E-state index in [4.69, 9.17) is 9.84 Å². The van der Waals surface area contributed by atoms with E-state index in [0.29, 0.717) is 55.0 Å². The lowest BCUT2D eigenvalue weighted by Crippen LogP contribution is -2.43. The first-order valence-corrected chi connectivity index (χ1v) is 14.2. The van der Waals surface area contributed by atoms with Crippen molar-refractivity contribution in [2.24, 2.45) is 0 Å². The number of aliphatic hydroxyl groups is 2. The number of nitrogens with zero attached hydrogens (tertiary/aromatic N) is 3. The molecule has 3 aromatic rings. The number of aliphatic hydroxyl groups excluding tert-OH is 2. The predicted octanol–water partition coefficient (Wildman–Crippen LogP) is 4.74. The zero-order valence-corrected chi connectivity index (χ0v) is 24.9. The quantitative estimate of drug-likeness (QED) is 0.207. The molecule has 0 spiro atoms. The highest BCUT2D eigenvalue weighted by molar-refractivity contribution is 5.94. The van der Waals surface area contributed by atoms with Gasteiger partial charge in [0, 0.05) is 53.9 Å². The highest BCUT2D eigenvalue weighted by Crippen LogP contribution is 2.33. The second-order valence-electron chi connectivity index (χ2n) is 11.8. The van der Waals surface area contributed by atoms with Gasteiger partial charge in [-0.15, -0.1) is 0 Å². The van der Waals surface area contributed by atoms with Gasteiger partial charge in [-0.1, -0.05) is 26.7 Å². The minimum absolute atomic E-state index is 0.0366. The van der Waals surface area contributed by atoms with Crippen LogP contribution in [-0.4, -0.2) is 82.9 Å². The van der Waals surface area contributed by atoms with Crippen LogP contribution in [0.2, 0.25) is 0 Å². The molecule has 1 fully saturated rings. The zero-order chi connectivity index (χ0) is 31.4. The van der Waals surface area contributed by atoms with E-state index in [-0.39, 0.29) is 35.8 Å². The van der Waals surface area contributed by atoms with Crippen molar-refractivity contribution in [3.8, 4) is 17.6 Å². The van der Waals surface area contributed by atoms with Gasteiger partial charge in [-0.05, 0) is 37.0 Å². The van der Waals surface area contributed by atoms with Crippen LogP contribution in [0.1, 0.15) is 45.0 Å². The summed E-state index contributed by atoms with van der Waals surface area (Å²) in [6.45, 7) is 6.28. The largest absolute Gasteiger partial charge is 0.494 e. The number of hydrogen-bond acceptors (Lipinski definition) is 7. The highest BCUT2D eigenvalue weighted by atomic mass is 19.4. The lowest BCUT2D eigenvalue weighted by atomic mass is 9.91. The first-order valence-electron chi connectivity index (χ1n) is 14.2. The molecule has 1 saturated heterocycles. The average Bonchev–Trinajstić information content (AvgIpc) is 3.27. The van der Waals surface area contributed by atoms with Gasteiger partial charge < -0.3 is 35.1 Å². The van der Waals surface area contributed by atoms with Gasteiger partial charge in [-0.2, -0.15) is 13.2 Å². The van der Waals surface area contributed by atoms with Crippen LogP contribution in [0.25, 0.3) is 10.9 Å². The molecule has 234 valence electrons. The number of methoxy groups -OCH3 is 1. The van der Waals surface area contributed by atoms with Crippen LogP contribution < -0.4 is 15.4 Å². The molecule has 4 rings (SSSR count). The molecule has 3 heterocycles. The Labute approximate surface area is 249 Å². The Kier molecular flexibility index (Phi) is 10.1. The molecule has 8 nitrogen and oxygen atoms in total. The second-order valence-corrected chi connectivity index (χ2v) is 11.8. The SMILES string of the molecule is COc1cc(C(C)(C)C)ncc1NCC#Cc1cc2c(NC3CCN(CC(O)CO)CC3)cc(F)cc2n1CC(F)(F)F. The molecule has 4 N–H and O–H groups in total. The molecule has 1 aromatic carbocycles. The number of likely N-dealkylation sites (tertiary alicyclic amines) is 1. The van der Waals surface area contributed by atoms with E-state index >= 15 is 0 Å². The lowest BCUT2D eigenvalue weighted by Gasteiger charge is -2.33. The number of anilines is 2. The summed E-state index contributed by atoms with van der Waals surface area (Å²) >= 11 is 0. The van der Waals surface area contributed by atoms with Crippen molar-refractivity contribution in [3.63, 3.8) is 0 Å². The number of aromatic nitrogens is 2. The third-order valence-corrected chi connectivity index (χ3v) is 7.39. The lowest BCUT2D eigenvalue weighted by molar-refractivity contribution is -0.140. The first kappa shape index (κ1) is 32.4. The van der Waals surface area contributed by atoms with Crippen molar-refractivity contribution >= 4 is 22.3 Å². The minimum Gasteiger partial charge on any atom is -0.494 e. The van der Waals surface area contributed by atoms with Crippen LogP contribution in [0.4, 0.5) is 28.9 Å². The predicted molar refractivity (Wildman–Crippen MR) is 159 cm³/mol. The third-order valence-electron chi connectivity index (χ3n) is 7.39. The molecule has 1 unspecified atom stereocenters. The van der Waals surface area contributed by atoms with Gasteiger partial charge >= 0.3 is 6.18 Å². The Bertz CT molecular complexity index is 1460. The maximum Gasteiger partial charge on any atom is 0.406 e. The number of nitrogens with one attached hydrogen (secondary N) is 2. The molecule has 12 heteroatoms. The van der Waals surface area contributed by atoms with Gasteiger partial charge in [-0.25, -0.2) is 4.39 Å². The van der Waals surface area contributed by atoms with Crippen LogP contribution in [0, 0.1) is 17.7 Å². The summed E-state index contributed by atoms with van der Waals surface area (Å²) in [5.74, 6) is 5.65. The molecule has 0 aliphatic carbocycles. The van der Waals surface area contributed by atoms with Crippen molar-refractivity contribution in [1.29, 1.82) is 0 Å². The number of halogens is 4. The Morgan fingerprint density at radius 2 is 1.84 bits per heavy atom. The van der Waals surface area contributed by atoms with Crippen molar-refractivity contribution in [2.45, 2.75) is 63.9 Å². The Hall–Kier alpha value is -3.53. The van der Waals surface area contributed by atoms with Crippen molar-refractivity contribution in [2.75, 3.05) is 50.5 Å². The summed E-state index contributed by atoms with van der Waals surface area (Å²) in [5, 5.41) is 25.7. The number of ether oxygens (including phenoxy) is 1. The molecular formula is C31H39F4N5O3. The summed E-state index contributed by atoms with van der Waals surface area (Å²) in [7, 11) is 1.55. The van der Waals surface area contributed by atoms with Crippen LogP contribution in [0.15, 0.2) is 30.5 Å². The molecule has 0 saturated carbocycles. The zero-order valence-electron chi connectivity index (χ0n) is 24.9. The Morgan fingerprint density at radius 3 is 2.47 bits per heavy atom. The highest BCUT2D eigenvalue weighted by Gasteiger charge is 2.30. The molecule has 43 heavy (non-hydrogen) atoms. The van der Waals surface area contributed by atoms with E-state index in [0.717, 1.165) is 16.3 Å². The topological polar surface area (TPSA) is 94.8 Å². The molecule has 0 bridgehead atoms. The van der Waals surface area contributed by atoms with Gasteiger partial charge in [0.2, 0.25) is 0 Å². The van der Waals surface area contributed by atoms with Crippen LogP contribution >= 0.6 is 0 Å². The van der Waals surface area contributed by atoms with Gasteiger partial charge in [0.25, 0.3) is 0 Å². The van der Waals surface area contributed by atoms with Gasteiger partial charge in [0.1, 0.15) is 18.1 Å². The monoisotopic (exact) mass is 605 g/mol. The van der Waals surface area contributed by atoms with E-state index in [2.05, 4.69) is 27.5 Å². The maximum atomic E-state index is 14.7. The number of alkyl halides is 3. The summed E-state index contributed by atoms with van der Waals surface area (Å²) in [6, 6.07) is 5.75. The number of fused-ring (bicyclic) bond motifs is 1. The number of benzene rings is 1. The Morgan fingerprint density at radius 1 is 1.12 bits per heavy atom. The van der Waals surface area contributed by atoms with Gasteiger partial charge in [0.15, 0.2) is 0 Å². The number of pyridine rings is 1. The fourth-order valence-corrected chi connectivity index (χ4v) is 5.15. The van der Waals surface area contributed by atoms with E-state index in [9.17, 15) is 22.7 Å². The van der Waals surface area contributed by atoms with Crippen LogP contribution in [0.5, 0.6) is 5.75 Å².